The molecule has 3 heterocycles. The molecule has 0 bridgehead atoms. The van der Waals surface area contributed by atoms with E-state index >= 15 is 0 Å². The Balaban J connectivity index is 1.16. The highest BCUT2D eigenvalue weighted by atomic mass is 32.1. The number of carbonyl (C=O) groups excluding carboxylic acids is 3. The second-order valence-electron chi connectivity index (χ2n) is 10.4. The average Bonchev–Trinajstić information content (AvgIpc) is 3.71. The van der Waals surface area contributed by atoms with Gasteiger partial charge in [-0.05, 0) is 70.2 Å². The van der Waals surface area contributed by atoms with Gasteiger partial charge < -0.3 is 25.2 Å². The second-order valence-corrected chi connectivity index (χ2v) is 11.3. The molecule has 2 fully saturated rings. The number of nitrogens with one attached hydrogen (secondary N) is 2. The summed E-state index contributed by atoms with van der Waals surface area (Å²) in [7, 11) is 0. The van der Waals surface area contributed by atoms with Gasteiger partial charge in [0.15, 0.2) is 0 Å². The molecule has 2 aromatic rings. The van der Waals surface area contributed by atoms with Crippen molar-refractivity contribution in [1.29, 1.82) is 0 Å². The number of carbonyl (C=O) groups is 3. The Labute approximate surface area is 235 Å². The minimum atomic E-state index is -0.519. The second kappa shape index (κ2) is 14.5. The quantitative estimate of drug-likeness (QED) is 0.368. The Hall–Kier alpha value is -2.82. The highest BCUT2D eigenvalue weighted by Gasteiger charge is 2.34. The SMILES string of the molecule is Cc1ncsc1-c1ccc([C@H](C)NC(=O)[C@@H]2CCCN2C(=O)CNC(=O)CCOCCCN2CCCC2)cc1. The molecular weight excluding hydrogens is 514 g/mol. The van der Waals surface area contributed by atoms with E-state index in [2.05, 4.69) is 20.5 Å². The summed E-state index contributed by atoms with van der Waals surface area (Å²) >= 11 is 1.61. The predicted octanol–water partition coefficient (Wildman–Crippen LogP) is 3.30. The number of nitrogens with zero attached hydrogens (tertiary/aromatic N) is 3. The third-order valence-electron chi connectivity index (χ3n) is 7.52. The topological polar surface area (TPSA) is 104 Å². The van der Waals surface area contributed by atoms with Gasteiger partial charge in [-0.1, -0.05) is 24.3 Å². The third-order valence-corrected chi connectivity index (χ3v) is 8.50. The van der Waals surface area contributed by atoms with Crippen molar-refractivity contribution in [2.24, 2.45) is 0 Å². The van der Waals surface area contributed by atoms with Gasteiger partial charge in [-0.3, -0.25) is 14.4 Å². The number of thiazole rings is 1. The van der Waals surface area contributed by atoms with Crippen LogP contribution >= 0.6 is 11.3 Å². The molecule has 2 aliphatic rings. The van der Waals surface area contributed by atoms with Crippen LogP contribution in [0.15, 0.2) is 29.8 Å². The maximum Gasteiger partial charge on any atom is 0.243 e. The minimum absolute atomic E-state index is 0.106. The molecular formula is C29H41N5O4S. The van der Waals surface area contributed by atoms with Gasteiger partial charge in [-0.2, -0.15) is 0 Å². The van der Waals surface area contributed by atoms with Gasteiger partial charge in [0.2, 0.25) is 17.7 Å². The largest absolute Gasteiger partial charge is 0.381 e. The average molecular weight is 556 g/mol. The van der Waals surface area contributed by atoms with E-state index in [4.69, 9.17) is 4.74 Å². The van der Waals surface area contributed by atoms with Gasteiger partial charge in [0, 0.05) is 26.1 Å². The van der Waals surface area contributed by atoms with E-state index in [0.29, 0.717) is 26.2 Å². The number of aromatic nitrogens is 1. The van der Waals surface area contributed by atoms with Crippen molar-refractivity contribution in [2.75, 3.05) is 45.9 Å². The van der Waals surface area contributed by atoms with E-state index in [0.717, 1.165) is 41.1 Å². The summed E-state index contributed by atoms with van der Waals surface area (Å²) in [5, 5.41) is 5.75. The number of hydrogen-bond donors (Lipinski definition) is 2. The summed E-state index contributed by atoms with van der Waals surface area (Å²) in [5.74, 6) is -0.609. The first-order valence-corrected chi connectivity index (χ1v) is 15.0. The first-order chi connectivity index (χ1) is 18.9. The smallest absolute Gasteiger partial charge is 0.243 e. The van der Waals surface area contributed by atoms with Crippen LogP contribution in [0.3, 0.4) is 0 Å². The van der Waals surface area contributed by atoms with Gasteiger partial charge in [0.05, 0.1) is 35.3 Å². The van der Waals surface area contributed by atoms with Crippen LogP contribution in [-0.4, -0.2) is 84.5 Å². The molecule has 3 amide bonds. The zero-order valence-electron chi connectivity index (χ0n) is 23.1. The van der Waals surface area contributed by atoms with Crippen molar-refractivity contribution in [3.63, 3.8) is 0 Å². The summed E-state index contributed by atoms with van der Waals surface area (Å²) in [6.07, 6.45) is 5.14. The molecule has 0 saturated carbocycles. The van der Waals surface area contributed by atoms with E-state index in [9.17, 15) is 14.4 Å². The molecule has 0 spiro atoms. The Morgan fingerprint density at radius 1 is 1.10 bits per heavy atom. The van der Waals surface area contributed by atoms with Crippen molar-refractivity contribution in [3.8, 4) is 10.4 Å². The standard InChI is InChI=1S/C29H41N5O4S/c1-21(23-8-10-24(11-9-23)28-22(2)31-20-39-28)32-29(37)25-7-5-16-34(25)27(36)19-30-26(35)12-18-38-17-6-15-33-13-3-4-14-33/h8-11,20-21,25H,3-7,12-19H2,1-2H3,(H,30,35)(H,32,37)/t21-,25-/m0/s1. The highest BCUT2D eigenvalue weighted by molar-refractivity contribution is 7.13. The van der Waals surface area contributed by atoms with Crippen molar-refractivity contribution in [2.45, 2.75) is 64.5 Å². The number of likely N-dealkylation sites (tertiary alicyclic amines) is 2. The lowest BCUT2D eigenvalue weighted by Gasteiger charge is -2.26. The molecule has 10 heteroatoms. The van der Waals surface area contributed by atoms with Crippen LogP contribution in [-0.2, 0) is 19.1 Å². The summed E-state index contributed by atoms with van der Waals surface area (Å²) in [4.78, 5) is 47.6. The monoisotopic (exact) mass is 555 g/mol. The molecule has 1 aromatic carbocycles. The summed E-state index contributed by atoms with van der Waals surface area (Å²) < 4.78 is 5.59. The molecule has 212 valence electrons. The maximum absolute atomic E-state index is 13.1. The van der Waals surface area contributed by atoms with Crippen LogP contribution in [0.4, 0.5) is 0 Å². The normalized spacial score (nSPS) is 18.3. The van der Waals surface area contributed by atoms with E-state index in [-0.39, 0.29) is 36.7 Å². The van der Waals surface area contributed by atoms with E-state index in [1.165, 1.54) is 25.9 Å². The fourth-order valence-corrected chi connectivity index (χ4v) is 6.07. The van der Waals surface area contributed by atoms with Gasteiger partial charge in [0.25, 0.3) is 0 Å². The lowest BCUT2D eigenvalue weighted by atomic mass is 10.0. The number of benzene rings is 1. The van der Waals surface area contributed by atoms with Gasteiger partial charge in [0.1, 0.15) is 6.04 Å². The van der Waals surface area contributed by atoms with E-state index < -0.39 is 6.04 Å². The predicted molar refractivity (Wildman–Crippen MR) is 152 cm³/mol. The number of rotatable bonds is 13. The molecule has 4 rings (SSSR count). The van der Waals surface area contributed by atoms with E-state index in [1.54, 1.807) is 16.2 Å². The van der Waals surface area contributed by atoms with Gasteiger partial charge in [-0.25, -0.2) is 4.98 Å². The fourth-order valence-electron chi connectivity index (χ4n) is 5.26. The maximum atomic E-state index is 13.1. The molecule has 0 radical (unpaired) electrons. The highest BCUT2D eigenvalue weighted by Crippen LogP contribution is 2.28. The summed E-state index contributed by atoms with van der Waals surface area (Å²) in [6.45, 7) is 8.74. The number of hydrogen-bond acceptors (Lipinski definition) is 7. The molecule has 9 nitrogen and oxygen atoms in total. The molecule has 0 unspecified atom stereocenters. The van der Waals surface area contributed by atoms with Crippen LogP contribution in [0.5, 0.6) is 0 Å². The van der Waals surface area contributed by atoms with Gasteiger partial charge >= 0.3 is 0 Å². The Bertz CT molecular complexity index is 1100. The van der Waals surface area contributed by atoms with Crippen LogP contribution in [0, 0.1) is 6.92 Å². The lowest BCUT2D eigenvalue weighted by molar-refractivity contribution is -0.139. The van der Waals surface area contributed by atoms with Crippen LogP contribution in [0.1, 0.15) is 62.7 Å². The Morgan fingerprint density at radius 2 is 1.87 bits per heavy atom. The van der Waals surface area contributed by atoms with Gasteiger partial charge in [-0.15, -0.1) is 11.3 Å². The van der Waals surface area contributed by atoms with Crippen molar-refractivity contribution < 1.29 is 19.1 Å². The van der Waals surface area contributed by atoms with E-state index in [1.807, 2.05) is 43.6 Å². The fraction of sp³-hybridized carbons (Fsp3) is 0.586. The molecule has 2 atom stereocenters. The summed E-state index contributed by atoms with van der Waals surface area (Å²) in [6, 6.07) is 7.42. The van der Waals surface area contributed by atoms with Crippen LogP contribution < -0.4 is 10.6 Å². The molecule has 2 saturated heterocycles. The first kappa shape index (κ1) is 29.2. The zero-order chi connectivity index (χ0) is 27.6. The Kier molecular flexibility index (Phi) is 10.9. The number of aryl methyl sites for hydroxylation is 1. The number of ether oxygens (including phenoxy) is 1. The zero-order valence-corrected chi connectivity index (χ0v) is 23.9. The minimum Gasteiger partial charge on any atom is -0.381 e. The van der Waals surface area contributed by atoms with Crippen molar-refractivity contribution in [1.82, 2.24) is 25.4 Å². The number of amides is 3. The molecule has 0 aliphatic carbocycles. The molecule has 39 heavy (non-hydrogen) atoms. The molecule has 2 N–H and O–H groups in total. The Morgan fingerprint density at radius 3 is 2.59 bits per heavy atom. The lowest BCUT2D eigenvalue weighted by Crippen LogP contribution is -2.49. The first-order valence-electron chi connectivity index (χ1n) is 14.1. The van der Waals surface area contributed by atoms with Crippen molar-refractivity contribution >= 4 is 29.1 Å². The van der Waals surface area contributed by atoms with Crippen LogP contribution in [0.25, 0.3) is 10.4 Å². The van der Waals surface area contributed by atoms with Crippen molar-refractivity contribution in [3.05, 3.63) is 41.0 Å². The van der Waals surface area contributed by atoms with Crippen LogP contribution in [0.2, 0.25) is 0 Å². The molecule has 2 aliphatic heterocycles. The molecule has 1 aromatic heterocycles. The summed E-state index contributed by atoms with van der Waals surface area (Å²) in [5.41, 5.74) is 4.95. The third kappa shape index (κ3) is 8.33.